The molecule has 29 heavy (non-hydrogen) atoms. The van der Waals surface area contributed by atoms with Crippen molar-refractivity contribution in [2.75, 3.05) is 23.7 Å². The molecule has 0 atom stereocenters. The van der Waals surface area contributed by atoms with Crippen LogP contribution in [0.3, 0.4) is 0 Å². The normalized spacial score (nSPS) is 13.7. The van der Waals surface area contributed by atoms with Crippen molar-refractivity contribution in [3.8, 4) is 0 Å². The van der Waals surface area contributed by atoms with Crippen LogP contribution < -0.4 is 16.0 Å². The van der Waals surface area contributed by atoms with E-state index in [2.05, 4.69) is 25.8 Å². The molecule has 0 fully saturated rings. The summed E-state index contributed by atoms with van der Waals surface area (Å²) in [6, 6.07) is 6.65. The van der Waals surface area contributed by atoms with Crippen LogP contribution in [0.15, 0.2) is 24.3 Å². The molecule has 154 valence electrons. The average Bonchev–Trinajstić information content (AvgIpc) is 3.02. The third-order valence-electron chi connectivity index (χ3n) is 4.39. The van der Waals surface area contributed by atoms with Crippen LogP contribution in [0.2, 0.25) is 0 Å². The van der Waals surface area contributed by atoms with Crippen molar-refractivity contribution in [3.05, 3.63) is 40.4 Å². The Morgan fingerprint density at radius 3 is 2.55 bits per heavy atom. The number of hydrogen-bond donors (Lipinski definition) is 3. The van der Waals surface area contributed by atoms with Crippen LogP contribution in [0.25, 0.3) is 0 Å². The number of thiazole rings is 1. The Labute approximate surface area is 173 Å². The minimum atomic E-state index is -0.266. The molecular weight excluding hydrogens is 390 g/mol. The summed E-state index contributed by atoms with van der Waals surface area (Å²) in [5, 5.41) is 8.97. The van der Waals surface area contributed by atoms with E-state index in [0.29, 0.717) is 22.9 Å². The van der Waals surface area contributed by atoms with Crippen LogP contribution in [-0.2, 0) is 17.8 Å². The zero-order chi connectivity index (χ0) is 21.0. The van der Waals surface area contributed by atoms with Gasteiger partial charge in [-0.15, -0.1) is 11.3 Å². The van der Waals surface area contributed by atoms with Gasteiger partial charge in [-0.05, 0) is 45.0 Å². The highest BCUT2D eigenvalue weighted by Crippen LogP contribution is 2.28. The number of ketones is 1. The number of Topliss-reactive ketones (excluding diaryl/α,β-unsaturated/α-hetero) is 1. The molecule has 0 aliphatic carbocycles. The summed E-state index contributed by atoms with van der Waals surface area (Å²) in [5.74, 6) is -0.115. The number of nitrogens with zero attached hydrogens (tertiary/aromatic N) is 2. The second kappa shape index (κ2) is 9.15. The fourth-order valence-electron chi connectivity index (χ4n) is 3.02. The predicted octanol–water partition coefficient (Wildman–Crippen LogP) is 2.87. The van der Waals surface area contributed by atoms with E-state index in [1.165, 1.54) is 18.3 Å². The Morgan fingerprint density at radius 1 is 1.17 bits per heavy atom. The van der Waals surface area contributed by atoms with E-state index in [4.69, 9.17) is 0 Å². The van der Waals surface area contributed by atoms with Crippen molar-refractivity contribution in [1.82, 2.24) is 15.2 Å². The van der Waals surface area contributed by atoms with Gasteiger partial charge in [0.2, 0.25) is 5.91 Å². The molecule has 3 N–H and O–H groups in total. The minimum absolute atomic E-state index is 0.00731. The summed E-state index contributed by atoms with van der Waals surface area (Å²) in [7, 11) is 0. The van der Waals surface area contributed by atoms with Crippen LogP contribution >= 0.6 is 11.3 Å². The smallest absolute Gasteiger partial charge is 0.321 e. The Morgan fingerprint density at radius 2 is 1.90 bits per heavy atom. The number of urea groups is 1. The number of anilines is 2. The standard InChI is InChI=1S/C20H25N5O3S/c1-12(2)21-19(28)24-20-23-16-8-9-25(10-17(16)29-20)11-18(27)22-15-6-4-14(5-7-15)13(3)26/h4-7,12H,8-11H2,1-3H3,(H,22,27)(H2,21,23,24,28). The van der Waals surface area contributed by atoms with Crippen molar-refractivity contribution >= 4 is 39.9 Å². The first-order valence-corrected chi connectivity index (χ1v) is 10.3. The van der Waals surface area contributed by atoms with Crippen LogP contribution in [0.1, 0.15) is 41.7 Å². The zero-order valence-corrected chi connectivity index (χ0v) is 17.6. The van der Waals surface area contributed by atoms with E-state index in [1.807, 2.05) is 13.8 Å². The molecule has 9 heteroatoms. The van der Waals surface area contributed by atoms with Crippen molar-refractivity contribution in [2.24, 2.45) is 0 Å². The lowest BCUT2D eigenvalue weighted by atomic mass is 10.1. The van der Waals surface area contributed by atoms with Crippen molar-refractivity contribution in [3.63, 3.8) is 0 Å². The zero-order valence-electron chi connectivity index (χ0n) is 16.7. The van der Waals surface area contributed by atoms with Gasteiger partial charge in [0.25, 0.3) is 0 Å². The van der Waals surface area contributed by atoms with Gasteiger partial charge < -0.3 is 10.6 Å². The highest BCUT2D eigenvalue weighted by atomic mass is 32.1. The molecule has 3 rings (SSSR count). The number of hydrogen-bond acceptors (Lipinski definition) is 6. The molecule has 1 aromatic heterocycles. The predicted molar refractivity (Wildman–Crippen MR) is 113 cm³/mol. The van der Waals surface area contributed by atoms with Crippen molar-refractivity contribution in [1.29, 1.82) is 0 Å². The third kappa shape index (κ3) is 5.85. The summed E-state index contributed by atoms with van der Waals surface area (Å²) in [4.78, 5) is 43.1. The number of amides is 3. The summed E-state index contributed by atoms with van der Waals surface area (Å²) in [6.45, 7) is 6.92. The molecule has 0 bridgehead atoms. The molecule has 0 saturated carbocycles. The first-order chi connectivity index (χ1) is 13.8. The molecule has 2 aromatic rings. The summed E-state index contributed by atoms with van der Waals surface area (Å²) < 4.78 is 0. The maximum Gasteiger partial charge on any atom is 0.321 e. The molecule has 8 nitrogen and oxygen atoms in total. The van der Waals surface area contributed by atoms with Gasteiger partial charge in [-0.2, -0.15) is 0 Å². The van der Waals surface area contributed by atoms with Gasteiger partial charge >= 0.3 is 6.03 Å². The molecule has 1 aromatic carbocycles. The van der Waals surface area contributed by atoms with E-state index in [0.717, 1.165) is 23.5 Å². The SMILES string of the molecule is CC(=O)c1ccc(NC(=O)CN2CCc3nc(NC(=O)NC(C)C)sc3C2)cc1. The molecule has 0 spiro atoms. The van der Waals surface area contributed by atoms with Gasteiger partial charge in [-0.25, -0.2) is 9.78 Å². The molecule has 1 aliphatic rings. The monoisotopic (exact) mass is 415 g/mol. The first kappa shape index (κ1) is 20.9. The number of nitrogens with one attached hydrogen (secondary N) is 3. The molecule has 0 unspecified atom stereocenters. The topological polar surface area (TPSA) is 103 Å². The van der Waals surface area contributed by atoms with E-state index in [-0.39, 0.29) is 30.3 Å². The maximum absolute atomic E-state index is 12.4. The van der Waals surface area contributed by atoms with Crippen LogP contribution in [0.5, 0.6) is 0 Å². The van der Waals surface area contributed by atoms with E-state index < -0.39 is 0 Å². The van der Waals surface area contributed by atoms with Crippen LogP contribution in [0.4, 0.5) is 15.6 Å². The lowest BCUT2D eigenvalue weighted by molar-refractivity contribution is -0.117. The number of benzene rings is 1. The highest BCUT2D eigenvalue weighted by molar-refractivity contribution is 7.15. The Hall–Kier alpha value is -2.78. The van der Waals surface area contributed by atoms with Crippen LogP contribution in [-0.4, -0.2) is 46.7 Å². The average molecular weight is 416 g/mol. The second-order valence-corrected chi connectivity index (χ2v) is 8.37. The number of carbonyl (C=O) groups excluding carboxylic acids is 3. The van der Waals surface area contributed by atoms with Gasteiger partial charge in [0.15, 0.2) is 10.9 Å². The molecule has 1 aliphatic heterocycles. The number of aromatic nitrogens is 1. The van der Waals surface area contributed by atoms with Crippen LogP contribution in [0, 0.1) is 0 Å². The van der Waals surface area contributed by atoms with Gasteiger partial charge in [-0.3, -0.25) is 19.8 Å². The highest BCUT2D eigenvalue weighted by Gasteiger charge is 2.23. The number of fused-ring (bicyclic) bond motifs is 1. The number of rotatable bonds is 6. The Kier molecular flexibility index (Phi) is 6.60. The molecular formula is C20H25N5O3S. The lowest BCUT2D eigenvalue weighted by Gasteiger charge is -2.25. The minimum Gasteiger partial charge on any atom is -0.336 e. The maximum atomic E-state index is 12.4. The number of carbonyl (C=O) groups is 3. The molecule has 0 radical (unpaired) electrons. The fraction of sp³-hybridized carbons (Fsp3) is 0.400. The van der Waals surface area contributed by atoms with Gasteiger partial charge in [0.05, 0.1) is 12.2 Å². The van der Waals surface area contributed by atoms with E-state index in [9.17, 15) is 14.4 Å². The molecule has 3 amide bonds. The Balaban J connectivity index is 1.53. The quantitative estimate of drug-likeness (QED) is 0.630. The van der Waals surface area contributed by atoms with Crippen molar-refractivity contribution < 1.29 is 14.4 Å². The van der Waals surface area contributed by atoms with Crippen molar-refractivity contribution in [2.45, 2.75) is 39.8 Å². The fourth-order valence-corrected chi connectivity index (χ4v) is 4.07. The van der Waals surface area contributed by atoms with Gasteiger partial charge in [-0.1, -0.05) is 0 Å². The van der Waals surface area contributed by atoms with E-state index in [1.54, 1.807) is 24.3 Å². The summed E-state index contributed by atoms with van der Waals surface area (Å²) in [6.07, 6.45) is 0.736. The lowest BCUT2D eigenvalue weighted by Crippen LogP contribution is -2.36. The summed E-state index contributed by atoms with van der Waals surface area (Å²) >= 11 is 1.44. The molecule has 2 heterocycles. The second-order valence-electron chi connectivity index (χ2n) is 7.28. The van der Waals surface area contributed by atoms with Gasteiger partial charge in [0, 0.05) is 41.7 Å². The molecule has 0 saturated heterocycles. The van der Waals surface area contributed by atoms with Gasteiger partial charge in [0.1, 0.15) is 0 Å². The summed E-state index contributed by atoms with van der Waals surface area (Å²) in [5.41, 5.74) is 2.26. The Bertz CT molecular complexity index is 907. The van der Waals surface area contributed by atoms with E-state index >= 15 is 0 Å². The first-order valence-electron chi connectivity index (χ1n) is 9.49. The third-order valence-corrected chi connectivity index (χ3v) is 5.39. The largest absolute Gasteiger partial charge is 0.336 e.